The van der Waals surface area contributed by atoms with Crippen molar-refractivity contribution in [1.82, 2.24) is 4.98 Å². The van der Waals surface area contributed by atoms with Crippen molar-refractivity contribution in [1.29, 1.82) is 0 Å². The summed E-state index contributed by atoms with van der Waals surface area (Å²) >= 11 is 3.54. The first-order chi connectivity index (χ1) is 12.2. The Hall–Kier alpha value is -2.05. The lowest BCUT2D eigenvalue weighted by Crippen LogP contribution is -2.01. The predicted octanol–water partition coefficient (Wildman–Crippen LogP) is 4.87. The molecule has 3 rings (SSSR count). The second-order valence-corrected chi connectivity index (χ2v) is 7.94. The van der Waals surface area contributed by atoms with Crippen LogP contribution in [-0.2, 0) is 11.2 Å². The van der Waals surface area contributed by atoms with Crippen molar-refractivity contribution in [3.8, 4) is 5.75 Å². The SMILES string of the molecule is O=C(O)Cc1ccc(OCCCCSc2nc3ccccc3s2)cc1. The zero-order chi connectivity index (χ0) is 17.5. The van der Waals surface area contributed by atoms with E-state index in [9.17, 15) is 4.79 Å². The zero-order valence-corrected chi connectivity index (χ0v) is 15.3. The molecule has 130 valence electrons. The second-order valence-electron chi connectivity index (χ2n) is 5.57. The highest BCUT2D eigenvalue weighted by Gasteiger charge is 2.04. The van der Waals surface area contributed by atoms with E-state index in [1.54, 1.807) is 35.2 Å². The van der Waals surface area contributed by atoms with E-state index in [2.05, 4.69) is 11.1 Å². The summed E-state index contributed by atoms with van der Waals surface area (Å²) in [5.41, 5.74) is 1.86. The second kappa shape index (κ2) is 8.87. The number of hydrogen-bond donors (Lipinski definition) is 1. The maximum Gasteiger partial charge on any atom is 0.307 e. The smallest absolute Gasteiger partial charge is 0.307 e. The van der Waals surface area contributed by atoms with Gasteiger partial charge in [0.05, 0.1) is 23.2 Å². The number of ether oxygens (including phenoxy) is 1. The fourth-order valence-corrected chi connectivity index (χ4v) is 4.48. The van der Waals surface area contributed by atoms with Crippen LogP contribution in [0, 0.1) is 0 Å². The molecule has 0 aliphatic heterocycles. The van der Waals surface area contributed by atoms with E-state index >= 15 is 0 Å². The third kappa shape index (κ3) is 5.47. The van der Waals surface area contributed by atoms with Crippen molar-refractivity contribution in [2.75, 3.05) is 12.4 Å². The molecule has 0 saturated heterocycles. The molecule has 0 spiro atoms. The van der Waals surface area contributed by atoms with Crippen molar-refractivity contribution in [3.63, 3.8) is 0 Å². The quantitative estimate of drug-likeness (QED) is 0.428. The van der Waals surface area contributed by atoms with Crippen LogP contribution in [0.5, 0.6) is 5.75 Å². The number of carboxylic acid groups (broad SMARTS) is 1. The molecule has 0 aliphatic rings. The first-order valence-corrected chi connectivity index (χ1v) is 9.93. The largest absolute Gasteiger partial charge is 0.494 e. The van der Waals surface area contributed by atoms with Gasteiger partial charge < -0.3 is 9.84 Å². The Morgan fingerprint density at radius 2 is 1.92 bits per heavy atom. The highest BCUT2D eigenvalue weighted by atomic mass is 32.2. The maximum absolute atomic E-state index is 10.6. The highest BCUT2D eigenvalue weighted by molar-refractivity contribution is 8.01. The number of aromatic nitrogens is 1. The van der Waals surface area contributed by atoms with Gasteiger partial charge in [-0.25, -0.2) is 4.98 Å². The summed E-state index contributed by atoms with van der Waals surface area (Å²) in [6.45, 7) is 0.665. The Bertz CT molecular complexity index is 797. The molecule has 0 bridgehead atoms. The number of thiazole rings is 1. The lowest BCUT2D eigenvalue weighted by atomic mass is 10.1. The lowest BCUT2D eigenvalue weighted by Gasteiger charge is -2.06. The summed E-state index contributed by atoms with van der Waals surface area (Å²) in [5, 5.41) is 8.75. The number of fused-ring (bicyclic) bond motifs is 1. The average Bonchev–Trinajstić information content (AvgIpc) is 3.01. The van der Waals surface area contributed by atoms with Crippen LogP contribution in [0.15, 0.2) is 52.9 Å². The highest BCUT2D eigenvalue weighted by Crippen LogP contribution is 2.29. The normalized spacial score (nSPS) is 10.9. The summed E-state index contributed by atoms with van der Waals surface area (Å²) in [6.07, 6.45) is 2.09. The maximum atomic E-state index is 10.6. The first-order valence-electron chi connectivity index (χ1n) is 8.12. The van der Waals surface area contributed by atoms with Crippen LogP contribution in [0.25, 0.3) is 10.2 Å². The molecule has 0 fully saturated rings. The number of para-hydroxylation sites is 1. The number of nitrogens with zero attached hydrogens (tertiary/aromatic N) is 1. The molecule has 0 unspecified atom stereocenters. The molecule has 0 amide bonds. The summed E-state index contributed by atoms with van der Waals surface area (Å²) < 4.78 is 8.05. The van der Waals surface area contributed by atoms with Gasteiger partial charge in [-0.2, -0.15) is 0 Å². The molecule has 25 heavy (non-hydrogen) atoms. The molecule has 0 saturated carbocycles. The van der Waals surface area contributed by atoms with Crippen molar-refractivity contribution in [2.45, 2.75) is 23.6 Å². The standard InChI is InChI=1S/C19H19NO3S2/c21-18(22)13-14-7-9-15(10-8-14)23-11-3-4-12-24-19-20-16-5-1-2-6-17(16)25-19/h1-2,5-10H,3-4,11-13H2,(H,21,22). The van der Waals surface area contributed by atoms with Crippen molar-refractivity contribution < 1.29 is 14.6 Å². The third-order valence-electron chi connectivity index (χ3n) is 3.59. The van der Waals surface area contributed by atoms with Crippen LogP contribution in [0.4, 0.5) is 0 Å². The molecule has 1 aromatic heterocycles. The van der Waals surface area contributed by atoms with Gasteiger partial charge in [0.25, 0.3) is 0 Å². The summed E-state index contributed by atoms with van der Waals surface area (Å²) in [6, 6.07) is 15.5. The van der Waals surface area contributed by atoms with Gasteiger partial charge in [0.15, 0.2) is 4.34 Å². The van der Waals surface area contributed by atoms with Gasteiger partial charge in [-0.3, -0.25) is 4.79 Å². The van der Waals surface area contributed by atoms with Gasteiger partial charge >= 0.3 is 5.97 Å². The van der Waals surface area contributed by atoms with Gasteiger partial charge in [0.2, 0.25) is 0 Å². The summed E-state index contributed by atoms with van der Waals surface area (Å²) in [7, 11) is 0. The molecule has 0 aliphatic carbocycles. The molecule has 0 atom stereocenters. The number of rotatable bonds is 9. The first kappa shape index (κ1) is 17.8. The van der Waals surface area contributed by atoms with Crippen LogP contribution in [0.1, 0.15) is 18.4 Å². The van der Waals surface area contributed by atoms with Crippen LogP contribution in [-0.4, -0.2) is 28.4 Å². The van der Waals surface area contributed by atoms with Crippen molar-refractivity contribution in [3.05, 3.63) is 54.1 Å². The molecular formula is C19H19NO3S2. The monoisotopic (exact) mass is 373 g/mol. The molecule has 4 nitrogen and oxygen atoms in total. The minimum atomic E-state index is -0.820. The fourth-order valence-electron chi connectivity index (χ4n) is 2.34. The summed E-state index contributed by atoms with van der Waals surface area (Å²) in [4.78, 5) is 15.3. The summed E-state index contributed by atoms with van der Waals surface area (Å²) in [5.74, 6) is 0.994. The third-order valence-corrected chi connectivity index (χ3v) is 5.85. The molecule has 1 N–H and O–H groups in total. The van der Waals surface area contributed by atoms with E-state index in [4.69, 9.17) is 9.84 Å². The van der Waals surface area contributed by atoms with E-state index < -0.39 is 5.97 Å². The molecular weight excluding hydrogens is 354 g/mol. The van der Waals surface area contributed by atoms with Gasteiger partial charge in [-0.05, 0) is 42.7 Å². The predicted molar refractivity (Wildman–Crippen MR) is 103 cm³/mol. The Balaban J connectivity index is 1.34. The number of unbranched alkanes of at least 4 members (excludes halogenated alkanes) is 1. The van der Waals surface area contributed by atoms with Crippen LogP contribution in [0.3, 0.4) is 0 Å². The number of aliphatic carboxylic acids is 1. The van der Waals surface area contributed by atoms with Crippen molar-refractivity contribution >= 4 is 39.3 Å². The average molecular weight is 373 g/mol. The molecule has 3 aromatic rings. The number of benzene rings is 2. The zero-order valence-electron chi connectivity index (χ0n) is 13.7. The number of thioether (sulfide) groups is 1. The van der Waals surface area contributed by atoms with Crippen LogP contribution < -0.4 is 4.74 Å². The van der Waals surface area contributed by atoms with E-state index in [1.807, 2.05) is 30.3 Å². The molecule has 2 aromatic carbocycles. The van der Waals surface area contributed by atoms with E-state index in [1.165, 1.54) is 4.70 Å². The van der Waals surface area contributed by atoms with Gasteiger partial charge in [-0.1, -0.05) is 36.0 Å². The Labute approximate surface area is 154 Å². The topological polar surface area (TPSA) is 59.4 Å². The lowest BCUT2D eigenvalue weighted by molar-refractivity contribution is -0.136. The number of carboxylic acids is 1. The molecule has 1 heterocycles. The Kier molecular flexibility index (Phi) is 6.30. The van der Waals surface area contributed by atoms with Gasteiger partial charge in [0, 0.05) is 5.75 Å². The number of hydrogen-bond acceptors (Lipinski definition) is 5. The van der Waals surface area contributed by atoms with E-state index in [-0.39, 0.29) is 6.42 Å². The van der Waals surface area contributed by atoms with Gasteiger partial charge in [-0.15, -0.1) is 11.3 Å². The van der Waals surface area contributed by atoms with E-state index in [0.29, 0.717) is 6.61 Å². The van der Waals surface area contributed by atoms with Crippen LogP contribution >= 0.6 is 23.1 Å². The van der Waals surface area contributed by atoms with E-state index in [0.717, 1.165) is 39.8 Å². The van der Waals surface area contributed by atoms with Crippen LogP contribution in [0.2, 0.25) is 0 Å². The molecule has 0 radical (unpaired) electrons. The Morgan fingerprint density at radius 1 is 1.12 bits per heavy atom. The van der Waals surface area contributed by atoms with Gasteiger partial charge in [0.1, 0.15) is 5.75 Å². The minimum absolute atomic E-state index is 0.0449. The van der Waals surface area contributed by atoms with Crippen molar-refractivity contribution in [2.24, 2.45) is 0 Å². The fraction of sp³-hybridized carbons (Fsp3) is 0.263. The Morgan fingerprint density at radius 3 is 2.68 bits per heavy atom. The molecule has 6 heteroatoms. The number of carbonyl (C=O) groups is 1. The minimum Gasteiger partial charge on any atom is -0.494 e.